The van der Waals surface area contributed by atoms with Crippen LogP contribution in [0.25, 0.3) is 11.0 Å². The van der Waals surface area contributed by atoms with Crippen LogP contribution in [-0.2, 0) is 12.7 Å². The molecule has 1 fully saturated rings. The van der Waals surface area contributed by atoms with E-state index in [9.17, 15) is 22.4 Å². The molecule has 0 saturated carbocycles. The first-order chi connectivity index (χ1) is 15.6. The van der Waals surface area contributed by atoms with Gasteiger partial charge in [-0.15, -0.1) is 0 Å². The minimum absolute atomic E-state index is 0.191. The molecular formula is C24H24F4N4O. The molecule has 0 N–H and O–H groups in total. The Labute approximate surface area is 189 Å². The summed E-state index contributed by atoms with van der Waals surface area (Å²) in [5, 5.41) is 0. The molecule has 4 rings (SSSR count). The van der Waals surface area contributed by atoms with Crippen molar-refractivity contribution in [2.75, 3.05) is 26.2 Å². The number of nitrogens with zero attached hydrogens (tertiary/aromatic N) is 4. The summed E-state index contributed by atoms with van der Waals surface area (Å²) in [5.74, 6) is -0.837. The lowest BCUT2D eigenvalue weighted by molar-refractivity contribution is -0.137. The van der Waals surface area contributed by atoms with Gasteiger partial charge in [0.2, 0.25) is 0 Å². The van der Waals surface area contributed by atoms with Gasteiger partial charge in [-0.05, 0) is 44.0 Å². The van der Waals surface area contributed by atoms with Crippen LogP contribution in [0.4, 0.5) is 17.6 Å². The van der Waals surface area contributed by atoms with Gasteiger partial charge in [0.1, 0.15) is 11.3 Å². The van der Waals surface area contributed by atoms with Gasteiger partial charge in [0, 0.05) is 38.8 Å². The molecule has 2 heterocycles. The van der Waals surface area contributed by atoms with E-state index in [1.165, 1.54) is 24.3 Å². The van der Waals surface area contributed by atoms with E-state index in [2.05, 4.69) is 14.9 Å². The van der Waals surface area contributed by atoms with Crippen LogP contribution in [0.2, 0.25) is 0 Å². The topological polar surface area (TPSA) is 49.3 Å². The normalized spacial score (nSPS) is 15.6. The molecule has 0 aliphatic carbocycles. The van der Waals surface area contributed by atoms with Gasteiger partial charge in [0.05, 0.1) is 28.0 Å². The Hall–Kier alpha value is -3.07. The van der Waals surface area contributed by atoms with E-state index in [1.54, 1.807) is 18.7 Å². The number of carbonyl (C=O) groups excluding carboxylic acids is 1. The average Bonchev–Trinajstić information content (AvgIpc) is 2.99. The Morgan fingerprint density at radius 1 is 0.970 bits per heavy atom. The van der Waals surface area contributed by atoms with Crippen molar-refractivity contribution in [2.24, 2.45) is 0 Å². The molecule has 0 radical (unpaired) electrons. The summed E-state index contributed by atoms with van der Waals surface area (Å²) in [4.78, 5) is 25.9. The number of alkyl halides is 3. The first kappa shape index (κ1) is 23.1. The van der Waals surface area contributed by atoms with Gasteiger partial charge in [-0.3, -0.25) is 9.69 Å². The summed E-state index contributed by atoms with van der Waals surface area (Å²) in [7, 11) is 0. The molecule has 0 spiro atoms. The van der Waals surface area contributed by atoms with E-state index in [1.807, 2.05) is 0 Å². The molecular weight excluding hydrogens is 436 g/mol. The molecule has 33 heavy (non-hydrogen) atoms. The minimum atomic E-state index is -4.36. The highest BCUT2D eigenvalue weighted by Gasteiger charge is 2.30. The number of hydrogen-bond acceptors (Lipinski definition) is 4. The number of hydrogen-bond donors (Lipinski definition) is 0. The summed E-state index contributed by atoms with van der Waals surface area (Å²) < 4.78 is 52.6. The van der Waals surface area contributed by atoms with Gasteiger partial charge >= 0.3 is 6.18 Å². The molecule has 5 nitrogen and oxygen atoms in total. The van der Waals surface area contributed by atoms with Gasteiger partial charge < -0.3 is 4.90 Å². The second kappa shape index (κ2) is 9.05. The largest absolute Gasteiger partial charge is 0.416 e. The Bertz CT molecular complexity index is 1180. The fraction of sp³-hybridized carbons (Fsp3) is 0.375. The molecule has 0 atom stereocenters. The molecule has 174 valence electrons. The number of fused-ring (bicyclic) bond motifs is 1. The quantitative estimate of drug-likeness (QED) is 0.530. The molecule has 1 aliphatic heterocycles. The van der Waals surface area contributed by atoms with E-state index in [4.69, 9.17) is 0 Å². The van der Waals surface area contributed by atoms with E-state index < -0.39 is 17.6 Å². The highest BCUT2D eigenvalue weighted by molar-refractivity contribution is 6.04. The number of rotatable bonds is 3. The number of halogens is 4. The maximum Gasteiger partial charge on any atom is 0.416 e. The zero-order valence-electron chi connectivity index (χ0n) is 18.4. The Morgan fingerprint density at radius 3 is 2.36 bits per heavy atom. The van der Waals surface area contributed by atoms with Crippen LogP contribution in [0.3, 0.4) is 0 Å². The summed E-state index contributed by atoms with van der Waals surface area (Å²) in [5.41, 5.74) is 2.39. The van der Waals surface area contributed by atoms with Crippen molar-refractivity contribution in [2.45, 2.75) is 33.0 Å². The maximum atomic E-state index is 14.2. The van der Waals surface area contributed by atoms with Gasteiger partial charge in [0.15, 0.2) is 0 Å². The van der Waals surface area contributed by atoms with Crippen molar-refractivity contribution in [3.05, 3.63) is 70.3 Å². The fourth-order valence-corrected chi connectivity index (χ4v) is 4.02. The molecule has 3 aromatic rings. The minimum Gasteiger partial charge on any atom is -0.337 e. The zero-order valence-corrected chi connectivity index (χ0v) is 18.4. The van der Waals surface area contributed by atoms with Crippen LogP contribution in [0.1, 0.15) is 39.3 Å². The maximum absolute atomic E-state index is 14.2. The third-order valence-electron chi connectivity index (χ3n) is 5.94. The molecule has 1 aromatic heterocycles. The fourth-order valence-electron chi connectivity index (χ4n) is 4.02. The van der Waals surface area contributed by atoms with Crippen LogP contribution in [0, 0.1) is 19.7 Å². The summed E-state index contributed by atoms with van der Waals surface area (Å²) in [6.07, 6.45) is -3.66. The smallest absolute Gasteiger partial charge is 0.337 e. The lowest BCUT2D eigenvalue weighted by Crippen LogP contribution is -2.35. The molecule has 1 saturated heterocycles. The monoisotopic (exact) mass is 460 g/mol. The van der Waals surface area contributed by atoms with Crippen LogP contribution < -0.4 is 0 Å². The summed E-state index contributed by atoms with van der Waals surface area (Å²) in [6.45, 7) is 6.26. The number of carbonyl (C=O) groups is 1. The van der Waals surface area contributed by atoms with Crippen molar-refractivity contribution in [1.29, 1.82) is 0 Å². The van der Waals surface area contributed by atoms with Crippen molar-refractivity contribution in [3.8, 4) is 0 Å². The van der Waals surface area contributed by atoms with Crippen LogP contribution >= 0.6 is 0 Å². The number of amides is 1. The van der Waals surface area contributed by atoms with Crippen molar-refractivity contribution < 1.29 is 22.4 Å². The second-order valence-electron chi connectivity index (χ2n) is 8.33. The van der Waals surface area contributed by atoms with Gasteiger partial charge in [0.25, 0.3) is 5.91 Å². The third kappa shape index (κ3) is 5.13. The Balaban J connectivity index is 1.48. The van der Waals surface area contributed by atoms with Crippen molar-refractivity contribution in [1.82, 2.24) is 19.8 Å². The molecule has 9 heteroatoms. The zero-order chi connectivity index (χ0) is 23.8. The summed E-state index contributed by atoms with van der Waals surface area (Å²) in [6, 6.07) is 7.63. The van der Waals surface area contributed by atoms with Crippen LogP contribution in [0.5, 0.6) is 0 Å². The van der Waals surface area contributed by atoms with E-state index in [0.717, 1.165) is 17.7 Å². The molecule has 0 bridgehead atoms. The first-order valence-corrected chi connectivity index (χ1v) is 10.7. The molecule has 1 aliphatic rings. The predicted molar refractivity (Wildman–Crippen MR) is 116 cm³/mol. The third-order valence-corrected chi connectivity index (χ3v) is 5.94. The van der Waals surface area contributed by atoms with Gasteiger partial charge in [-0.25, -0.2) is 14.4 Å². The van der Waals surface area contributed by atoms with Gasteiger partial charge in [-0.2, -0.15) is 13.2 Å². The van der Waals surface area contributed by atoms with Crippen LogP contribution in [-0.4, -0.2) is 51.9 Å². The highest BCUT2D eigenvalue weighted by Crippen LogP contribution is 2.29. The van der Waals surface area contributed by atoms with Crippen molar-refractivity contribution in [3.63, 3.8) is 0 Å². The summed E-state index contributed by atoms with van der Waals surface area (Å²) >= 11 is 0. The van der Waals surface area contributed by atoms with E-state index >= 15 is 0 Å². The Kier molecular flexibility index (Phi) is 6.34. The Morgan fingerprint density at radius 2 is 1.67 bits per heavy atom. The predicted octanol–water partition coefficient (Wildman–Crippen LogP) is 4.75. The second-order valence-corrected chi connectivity index (χ2v) is 8.33. The number of benzene rings is 2. The number of aromatic nitrogens is 2. The highest BCUT2D eigenvalue weighted by atomic mass is 19.4. The lowest BCUT2D eigenvalue weighted by atomic mass is 10.1. The average molecular weight is 460 g/mol. The SMILES string of the molecule is Cc1nc2cc(F)cc(C(=O)N3CCCN(Cc4ccc(C(F)(F)F)cc4)CC3)c2nc1C. The molecule has 1 amide bonds. The molecule has 0 unspecified atom stereocenters. The van der Waals surface area contributed by atoms with E-state index in [0.29, 0.717) is 61.6 Å². The lowest BCUT2D eigenvalue weighted by Gasteiger charge is -2.22. The van der Waals surface area contributed by atoms with Gasteiger partial charge in [-0.1, -0.05) is 12.1 Å². The molecule has 2 aromatic carbocycles. The standard InChI is InChI=1S/C24H24F4N4O/c1-15-16(2)30-22-20(12-19(25)13-21(22)29-15)23(33)32-9-3-8-31(10-11-32)14-17-4-6-18(7-5-17)24(26,27)28/h4-7,12-13H,3,8-11,14H2,1-2H3. The number of aryl methyl sites for hydroxylation is 2. The van der Waals surface area contributed by atoms with Crippen molar-refractivity contribution >= 4 is 16.9 Å². The first-order valence-electron chi connectivity index (χ1n) is 10.7. The van der Waals surface area contributed by atoms with Crippen LogP contribution in [0.15, 0.2) is 36.4 Å². The van der Waals surface area contributed by atoms with E-state index in [-0.39, 0.29) is 11.5 Å².